The van der Waals surface area contributed by atoms with Crippen molar-refractivity contribution in [2.24, 2.45) is 10.9 Å². The fourth-order valence-corrected chi connectivity index (χ4v) is 4.86. The molecule has 7 heteroatoms. The Kier molecular flexibility index (Phi) is 4.11. The molecule has 2 atom stereocenters. The third-order valence-electron chi connectivity index (χ3n) is 6.30. The average Bonchev–Trinajstić information content (AvgIpc) is 3.36. The van der Waals surface area contributed by atoms with E-state index in [9.17, 15) is 0 Å². The van der Waals surface area contributed by atoms with Crippen LogP contribution in [0.25, 0.3) is 33.1 Å². The third kappa shape index (κ3) is 2.67. The molecular weight excluding hydrogens is 402 g/mol. The van der Waals surface area contributed by atoms with Crippen LogP contribution in [-0.2, 0) is 0 Å². The number of fused-ring (bicyclic) bond motifs is 4. The first kappa shape index (κ1) is 18.7. The van der Waals surface area contributed by atoms with Crippen molar-refractivity contribution in [1.82, 2.24) is 20.1 Å². The van der Waals surface area contributed by atoms with E-state index in [4.69, 9.17) is 14.2 Å². The lowest BCUT2D eigenvalue weighted by molar-refractivity contribution is 0.393. The second-order valence-corrected chi connectivity index (χ2v) is 8.10. The molecule has 158 valence electrons. The van der Waals surface area contributed by atoms with Crippen molar-refractivity contribution >= 4 is 28.2 Å². The number of aromatic amines is 1. The van der Waals surface area contributed by atoms with Gasteiger partial charge in [-0.15, -0.1) is 0 Å². The number of benzene rings is 1. The number of H-pyrrole nitrogens is 1. The molecule has 0 saturated heterocycles. The summed E-state index contributed by atoms with van der Waals surface area (Å²) in [4.78, 5) is 17.3. The van der Waals surface area contributed by atoms with Gasteiger partial charge in [-0.2, -0.15) is 0 Å². The highest BCUT2D eigenvalue weighted by atomic mass is 16.5. The number of hydrogen-bond acceptors (Lipinski definition) is 6. The zero-order valence-corrected chi connectivity index (χ0v) is 18.0. The van der Waals surface area contributed by atoms with E-state index in [1.165, 1.54) is 0 Å². The van der Waals surface area contributed by atoms with E-state index in [-0.39, 0.29) is 11.8 Å². The number of aromatic nitrogens is 4. The Morgan fingerprint density at radius 3 is 2.75 bits per heavy atom. The summed E-state index contributed by atoms with van der Waals surface area (Å²) in [6.45, 7) is 3.85. The molecule has 4 heterocycles. The van der Waals surface area contributed by atoms with E-state index >= 15 is 0 Å². The molecule has 0 spiro atoms. The van der Waals surface area contributed by atoms with Crippen LogP contribution in [0.3, 0.4) is 0 Å². The van der Waals surface area contributed by atoms with Gasteiger partial charge in [-0.25, -0.2) is 9.97 Å². The van der Waals surface area contributed by atoms with Crippen LogP contribution in [-0.4, -0.2) is 33.4 Å². The summed E-state index contributed by atoms with van der Waals surface area (Å²) in [5.41, 5.74) is 6.49. The fraction of sp³-hybridized carbons (Fsp3) is 0.200. The first-order valence-corrected chi connectivity index (χ1v) is 10.5. The molecule has 2 aliphatic rings. The number of aryl methyl sites for hydroxylation is 2. The van der Waals surface area contributed by atoms with E-state index < -0.39 is 0 Å². The minimum absolute atomic E-state index is 0.0708. The van der Waals surface area contributed by atoms with Crippen LogP contribution in [0.4, 0.5) is 0 Å². The van der Waals surface area contributed by atoms with Crippen molar-refractivity contribution in [3.63, 3.8) is 0 Å². The third-order valence-corrected chi connectivity index (χ3v) is 6.30. The molecule has 1 aliphatic carbocycles. The van der Waals surface area contributed by atoms with Crippen LogP contribution in [0.1, 0.15) is 23.1 Å². The number of rotatable bonds is 3. The molecule has 1 aliphatic heterocycles. The fourth-order valence-electron chi connectivity index (χ4n) is 4.86. The number of hydrogen-bond donors (Lipinski definition) is 1. The van der Waals surface area contributed by atoms with Crippen molar-refractivity contribution in [2.45, 2.75) is 19.8 Å². The van der Waals surface area contributed by atoms with Gasteiger partial charge in [0, 0.05) is 45.6 Å². The van der Waals surface area contributed by atoms with Gasteiger partial charge in [-0.1, -0.05) is 23.4 Å². The van der Waals surface area contributed by atoms with Gasteiger partial charge in [0.2, 0.25) is 0 Å². The number of methoxy groups -OCH3 is 1. The average molecular weight is 423 g/mol. The Morgan fingerprint density at radius 2 is 1.94 bits per heavy atom. The van der Waals surface area contributed by atoms with Crippen LogP contribution >= 0.6 is 0 Å². The van der Waals surface area contributed by atoms with Crippen LogP contribution in [0, 0.1) is 19.8 Å². The van der Waals surface area contributed by atoms with Gasteiger partial charge in [-0.05, 0) is 38.1 Å². The highest BCUT2D eigenvalue weighted by Crippen LogP contribution is 2.43. The smallest absolute Gasteiger partial charge is 0.142 e. The van der Waals surface area contributed by atoms with Gasteiger partial charge >= 0.3 is 0 Å². The Hall–Kier alpha value is -4.00. The van der Waals surface area contributed by atoms with E-state index in [2.05, 4.69) is 56.6 Å². The van der Waals surface area contributed by atoms with Crippen molar-refractivity contribution in [3.05, 3.63) is 71.7 Å². The summed E-state index contributed by atoms with van der Waals surface area (Å²) in [6, 6.07) is 4.14. The molecule has 0 saturated carbocycles. The minimum atomic E-state index is 0.0708. The zero-order chi connectivity index (χ0) is 21.8. The molecule has 0 fully saturated rings. The second-order valence-electron chi connectivity index (χ2n) is 8.10. The van der Waals surface area contributed by atoms with Gasteiger partial charge in [0.25, 0.3) is 0 Å². The molecule has 32 heavy (non-hydrogen) atoms. The summed E-state index contributed by atoms with van der Waals surface area (Å²) in [6.07, 6.45) is 14.0. The van der Waals surface area contributed by atoms with Crippen molar-refractivity contribution in [3.8, 4) is 16.9 Å². The molecule has 1 N–H and O–H groups in total. The second kappa shape index (κ2) is 7.02. The number of dihydropyridines is 1. The molecule has 6 rings (SSSR count). The standard InChI is InChI=1S/C25H21N5O2/c1-13-22(14(2)32-30-13)18-10-20-17(11-21(18)31-3)23-24(27-12-28-25(23)29-20)16-6-4-8-19-15(16)7-5-9-26-19/h4-12,15-16H,1-3H3,(H,27,28,29). The van der Waals surface area contributed by atoms with Crippen LogP contribution in [0.15, 0.2) is 64.1 Å². The van der Waals surface area contributed by atoms with Gasteiger partial charge in [0.05, 0.1) is 24.1 Å². The number of ether oxygens (including phenoxy) is 1. The van der Waals surface area contributed by atoms with Crippen molar-refractivity contribution in [2.75, 3.05) is 7.11 Å². The lowest BCUT2D eigenvalue weighted by Crippen LogP contribution is -2.16. The van der Waals surface area contributed by atoms with Crippen molar-refractivity contribution in [1.29, 1.82) is 0 Å². The van der Waals surface area contributed by atoms with E-state index in [0.717, 1.165) is 61.7 Å². The zero-order valence-electron chi connectivity index (χ0n) is 18.0. The molecule has 2 unspecified atom stereocenters. The summed E-state index contributed by atoms with van der Waals surface area (Å²) >= 11 is 0. The molecule has 3 aromatic heterocycles. The number of allylic oxidation sites excluding steroid dienone is 5. The molecule has 1 aromatic carbocycles. The Balaban J connectivity index is 1.59. The van der Waals surface area contributed by atoms with Gasteiger partial charge < -0.3 is 14.2 Å². The molecule has 0 radical (unpaired) electrons. The first-order chi connectivity index (χ1) is 15.7. The Labute approximate surface area is 184 Å². The van der Waals surface area contributed by atoms with E-state index in [1.807, 2.05) is 26.1 Å². The summed E-state index contributed by atoms with van der Waals surface area (Å²) in [5.74, 6) is 1.73. The summed E-state index contributed by atoms with van der Waals surface area (Å²) in [5, 5.41) is 6.14. The summed E-state index contributed by atoms with van der Waals surface area (Å²) < 4.78 is 11.2. The lowest BCUT2D eigenvalue weighted by Gasteiger charge is -2.26. The maximum Gasteiger partial charge on any atom is 0.142 e. The lowest BCUT2D eigenvalue weighted by atomic mass is 9.81. The van der Waals surface area contributed by atoms with E-state index in [0.29, 0.717) is 0 Å². The normalized spacial score (nSPS) is 19.5. The number of aliphatic imine (C=N–C) groups is 1. The van der Waals surface area contributed by atoms with Crippen LogP contribution in [0.5, 0.6) is 5.75 Å². The maximum absolute atomic E-state index is 5.80. The summed E-state index contributed by atoms with van der Waals surface area (Å²) in [7, 11) is 1.68. The molecule has 7 nitrogen and oxygen atoms in total. The molecular formula is C25H21N5O2. The van der Waals surface area contributed by atoms with Gasteiger partial charge in [0.1, 0.15) is 23.5 Å². The minimum Gasteiger partial charge on any atom is -0.496 e. The Bertz CT molecular complexity index is 1480. The van der Waals surface area contributed by atoms with E-state index in [1.54, 1.807) is 13.4 Å². The monoisotopic (exact) mass is 423 g/mol. The predicted molar refractivity (Wildman–Crippen MR) is 124 cm³/mol. The molecule has 0 bridgehead atoms. The first-order valence-electron chi connectivity index (χ1n) is 10.5. The van der Waals surface area contributed by atoms with Crippen LogP contribution < -0.4 is 4.74 Å². The maximum atomic E-state index is 5.80. The van der Waals surface area contributed by atoms with Gasteiger partial charge in [0.15, 0.2) is 0 Å². The largest absolute Gasteiger partial charge is 0.496 e. The predicted octanol–water partition coefficient (Wildman–Crippen LogP) is 5.19. The molecule has 4 aromatic rings. The number of nitrogens with one attached hydrogen (secondary N) is 1. The highest BCUT2D eigenvalue weighted by Gasteiger charge is 2.29. The van der Waals surface area contributed by atoms with Crippen LogP contribution in [0.2, 0.25) is 0 Å². The molecule has 0 amide bonds. The topological polar surface area (TPSA) is 89.2 Å². The quantitative estimate of drug-likeness (QED) is 0.490. The highest BCUT2D eigenvalue weighted by molar-refractivity contribution is 6.09. The number of nitrogens with zero attached hydrogens (tertiary/aromatic N) is 4. The van der Waals surface area contributed by atoms with Crippen molar-refractivity contribution < 1.29 is 9.26 Å². The SMILES string of the molecule is COc1cc2c(cc1-c1c(C)noc1C)[nH]c1ncnc(C3C=CC=C4N=CC=CC43)c12. The Morgan fingerprint density at radius 1 is 1.06 bits per heavy atom. The van der Waals surface area contributed by atoms with Gasteiger partial charge in [-0.3, -0.25) is 4.99 Å².